The van der Waals surface area contributed by atoms with Crippen LogP contribution in [0.3, 0.4) is 0 Å². The molecule has 0 aliphatic heterocycles. The zero-order valence-electron chi connectivity index (χ0n) is 5.34. The molecule has 0 N–H and O–H groups in total. The Morgan fingerprint density at radius 2 is 2.00 bits per heavy atom. The lowest BCUT2D eigenvalue weighted by atomic mass is 10.3. The second-order valence-electron chi connectivity index (χ2n) is 1.98. The van der Waals surface area contributed by atoms with E-state index in [1.54, 1.807) is 13.8 Å². The predicted octanol–water partition coefficient (Wildman–Crippen LogP) is 0.959. The van der Waals surface area contributed by atoms with Crippen LogP contribution in [0, 0.1) is 5.21 Å². The van der Waals surface area contributed by atoms with Gasteiger partial charge in [0.15, 0.2) is 0 Å². The Kier molecular flexibility index (Phi) is 2.84. The Hall–Kier alpha value is 0.310. The van der Waals surface area contributed by atoms with Crippen molar-refractivity contribution in [3.05, 3.63) is 5.21 Å². The van der Waals surface area contributed by atoms with Gasteiger partial charge in [-0.2, -0.15) is 0 Å². The maximum atomic E-state index is 10.5. The molecule has 3 nitrogen and oxygen atoms in total. The molecule has 0 aliphatic rings. The van der Waals surface area contributed by atoms with Crippen molar-refractivity contribution in [3.8, 4) is 0 Å². The third-order valence-corrected chi connectivity index (χ3v) is 1.65. The topological polar surface area (TPSA) is 35.5 Å². The highest BCUT2D eigenvalue weighted by Crippen LogP contribution is 2.16. The number of ether oxygens (including phenoxy) is 1. The first-order chi connectivity index (χ1) is 3.50. The van der Waals surface area contributed by atoms with Gasteiger partial charge in [-0.25, -0.2) is 0 Å². The average Bonchev–Trinajstić information content (AvgIpc) is 1.67. The van der Waals surface area contributed by atoms with Crippen LogP contribution in [0.4, 0.5) is 0 Å². The maximum absolute atomic E-state index is 10.5. The summed E-state index contributed by atoms with van der Waals surface area (Å²) in [5.41, 5.74) is -0.718. The number of nitrogens with zero attached hydrogens (tertiary/aromatic N) is 1. The van der Waals surface area contributed by atoms with Crippen molar-refractivity contribution >= 4 is 9.39 Å². The summed E-state index contributed by atoms with van der Waals surface area (Å²) >= 11 is 0. The molecule has 1 unspecified atom stereocenters. The molecule has 4 heteroatoms. The number of hydrogen-bond acceptors (Lipinski definition) is 3. The molecule has 0 aliphatic carbocycles. The van der Waals surface area contributed by atoms with Crippen LogP contribution < -0.4 is 0 Å². The van der Waals surface area contributed by atoms with E-state index in [4.69, 9.17) is 4.74 Å². The van der Waals surface area contributed by atoms with Crippen LogP contribution in [0.2, 0.25) is 0 Å². The SMILES string of the molecule is COC(C)(C)N([O-])P. The summed E-state index contributed by atoms with van der Waals surface area (Å²) in [6, 6.07) is 0. The molecular formula is C4H11NO2P-. The van der Waals surface area contributed by atoms with Crippen LogP contribution in [0.5, 0.6) is 0 Å². The molecule has 8 heavy (non-hydrogen) atoms. The predicted molar refractivity (Wildman–Crippen MR) is 36.0 cm³/mol. The highest BCUT2D eigenvalue weighted by molar-refractivity contribution is 7.13. The van der Waals surface area contributed by atoms with Gasteiger partial charge in [-0.15, -0.1) is 0 Å². The van der Waals surface area contributed by atoms with Crippen LogP contribution >= 0.6 is 9.39 Å². The van der Waals surface area contributed by atoms with Crippen LogP contribution in [0.1, 0.15) is 13.8 Å². The standard InChI is InChI=1S/C4H11NO2P/c1-4(2,7-3)5(6)8/h8H2,1-3H3/q-1. The zero-order valence-corrected chi connectivity index (χ0v) is 6.50. The molecule has 0 heterocycles. The van der Waals surface area contributed by atoms with Crippen LogP contribution in [0.15, 0.2) is 0 Å². The Morgan fingerprint density at radius 3 is 2.00 bits per heavy atom. The molecule has 0 radical (unpaired) electrons. The number of methoxy groups -OCH3 is 1. The fraction of sp³-hybridized carbons (Fsp3) is 1.00. The maximum Gasteiger partial charge on any atom is 0.107 e. The Labute approximate surface area is 51.8 Å². The molecule has 0 aromatic carbocycles. The van der Waals surface area contributed by atoms with E-state index in [0.29, 0.717) is 4.83 Å². The highest BCUT2D eigenvalue weighted by Gasteiger charge is 2.13. The van der Waals surface area contributed by atoms with Gasteiger partial charge in [0.2, 0.25) is 0 Å². The van der Waals surface area contributed by atoms with E-state index in [1.165, 1.54) is 7.11 Å². The normalized spacial score (nSPS) is 12.8. The van der Waals surface area contributed by atoms with Crippen molar-refractivity contribution in [1.29, 1.82) is 0 Å². The van der Waals surface area contributed by atoms with Crippen molar-refractivity contribution in [2.45, 2.75) is 19.6 Å². The van der Waals surface area contributed by atoms with Crippen LogP contribution in [-0.4, -0.2) is 17.7 Å². The van der Waals surface area contributed by atoms with Gasteiger partial charge in [0.1, 0.15) is 5.72 Å². The summed E-state index contributed by atoms with van der Waals surface area (Å²) in [7, 11) is 3.50. The van der Waals surface area contributed by atoms with E-state index in [0.717, 1.165) is 0 Å². The molecule has 50 valence electrons. The lowest BCUT2D eigenvalue weighted by molar-refractivity contribution is -0.0422. The van der Waals surface area contributed by atoms with Crippen molar-refractivity contribution in [2.75, 3.05) is 7.11 Å². The Balaban J connectivity index is 3.71. The lowest BCUT2D eigenvalue weighted by Gasteiger charge is -2.38. The van der Waals surface area contributed by atoms with Gasteiger partial charge in [0, 0.05) is 7.11 Å². The average molecular weight is 136 g/mol. The molecule has 0 fully saturated rings. The third kappa shape index (κ3) is 2.05. The van der Waals surface area contributed by atoms with Gasteiger partial charge in [-0.05, 0) is 13.8 Å². The first kappa shape index (κ1) is 8.31. The first-order valence-electron chi connectivity index (χ1n) is 2.28. The van der Waals surface area contributed by atoms with Gasteiger partial charge in [-0.1, -0.05) is 9.39 Å². The zero-order chi connectivity index (χ0) is 6.78. The van der Waals surface area contributed by atoms with Gasteiger partial charge in [0.05, 0.1) is 0 Å². The second-order valence-corrected chi connectivity index (χ2v) is 2.45. The van der Waals surface area contributed by atoms with Gasteiger partial charge < -0.3 is 14.8 Å². The monoisotopic (exact) mass is 136 g/mol. The molecule has 0 aromatic heterocycles. The molecule has 0 saturated heterocycles. The van der Waals surface area contributed by atoms with Crippen LogP contribution in [0.25, 0.3) is 0 Å². The molecule has 0 spiro atoms. The summed E-state index contributed by atoms with van der Waals surface area (Å²) in [4.78, 5) is 0.688. The van der Waals surface area contributed by atoms with E-state index in [9.17, 15) is 5.21 Å². The Bertz CT molecular complexity index is 74.4. The minimum Gasteiger partial charge on any atom is -0.780 e. The molecule has 0 rings (SSSR count). The van der Waals surface area contributed by atoms with E-state index < -0.39 is 5.72 Å². The molecule has 1 atom stereocenters. The van der Waals surface area contributed by atoms with E-state index >= 15 is 0 Å². The number of hydroxylamine groups is 1. The van der Waals surface area contributed by atoms with Crippen molar-refractivity contribution in [2.24, 2.45) is 0 Å². The summed E-state index contributed by atoms with van der Waals surface area (Å²) in [5.74, 6) is 0. The molecule has 0 bridgehead atoms. The van der Waals surface area contributed by atoms with E-state index in [2.05, 4.69) is 0 Å². The quantitative estimate of drug-likeness (QED) is 0.322. The number of rotatable bonds is 2. The first-order valence-corrected chi connectivity index (χ1v) is 2.79. The van der Waals surface area contributed by atoms with Gasteiger partial charge >= 0.3 is 0 Å². The molecular weight excluding hydrogens is 125 g/mol. The summed E-state index contributed by atoms with van der Waals surface area (Å²) in [5, 5.41) is 10.5. The van der Waals surface area contributed by atoms with E-state index in [-0.39, 0.29) is 0 Å². The van der Waals surface area contributed by atoms with Gasteiger partial charge in [-0.3, -0.25) is 0 Å². The Morgan fingerprint density at radius 1 is 1.62 bits per heavy atom. The molecule has 0 aromatic rings. The van der Waals surface area contributed by atoms with E-state index in [1.807, 2.05) is 9.39 Å². The van der Waals surface area contributed by atoms with Crippen molar-refractivity contribution < 1.29 is 4.74 Å². The third-order valence-electron chi connectivity index (χ3n) is 1.03. The summed E-state index contributed by atoms with van der Waals surface area (Å²) < 4.78 is 4.79. The fourth-order valence-electron chi connectivity index (χ4n) is 0.0900. The largest absolute Gasteiger partial charge is 0.780 e. The minimum atomic E-state index is -0.718. The second kappa shape index (κ2) is 2.74. The summed E-state index contributed by atoms with van der Waals surface area (Å²) in [6.07, 6.45) is 0. The molecule has 0 saturated carbocycles. The lowest BCUT2D eigenvalue weighted by Crippen LogP contribution is -2.34. The highest BCUT2D eigenvalue weighted by atomic mass is 31.0. The van der Waals surface area contributed by atoms with Crippen molar-refractivity contribution in [1.82, 2.24) is 4.83 Å². The smallest absolute Gasteiger partial charge is 0.107 e. The molecule has 0 amide bonds. The summed E-state index contributed by atoms with van der Waals surface area (Å²) in [6.45, 7) is 3.38. The number of hydrogen-bond donors (Lipinski definition) is 0. The van der Waals surface area contributed by atoms with Crippen LogP contribution in [-0.2, 0) is 4.74 Å². The minimum absolute atomic E-state index is 0.688. The fourth-order valence-corrected chi connectivity index (χ4v) is 0.195. The van der Waals surface area contributed by atoms with Crippen molar-refractivity contribution in [3.63, 3.8) is 0 Å². The van der Waals surface area contributed by atoms with Gasteiger partial charge in [0.25, 0.3) is 0 Å².